The minimum Gasteiger partial charge on any atom is -0.385 e. The molecule has 1 aromatic rings. The van der Waals surface area contributed by atoms with Gasteiger partial charge < -0.3 is 20.2 Å². The minimum atomic E-state index is -1.07. The second kappa shape index (κ2) is 7.60. The number of ether oxygens (including phenoxy) is 1. The zero-order valence-electron chi connectivity index (χ0n) is 16.2. The van der Waals surface area contributed by atoms with Gasteiger partial charge in [0.05, 0.1) is 37.1 Å². The summed E-state index contributed by atoms with van der Waals surface area (Å²) in [5, 5.41) is 16.9. The van der Waals surface area contributed by atoms with Gasteiger partial charge in [0.2, 0.25) is 0 Å². The molecule has 1 aromatic carbocycles. The van der Waals surface area contributed by atoms with Crippen molar-refractivity contribution in [2.75, 3.05) is 26.2 Å². The quantitative estimate of drug-likeness (QED) is 0.766. The second-order valence-electron chi connectivity index (χ2n) is 7.34. The summed E-state index contributed by atoms with van der Waals surface area (Å²) in [5.74, 6) is -3.76. The first-order valence-electron chi connectivity index (χ1n) is 9.56. The maximum Gasteiger partial charge on any atom is 0.251 e. The van der Waals surface area contributed by atoms with Gasteiger partial charge in [-0.25, -0.2) is 18.2 Å². The number of likely N-dealkylation sites (N-methyl/N-ethyl adjacent to an activating group) is 1. The van der Waals surface area contributed by atoms with Gasteiger partial charge in [0.1, 0.15) is 29.8 Å². The predicted octanol–water partition coefficient (Wildman–Crippen LogP) is 0.905. The van der Waals surface area contributed by atoms with Crippen LogP contribution in [0.1, 0.15) is 19.4 Å². The first-order valence-corrected chi connectivity index (χ1v) is 9.56. The van der Waals surface area contributed by atoms with Crippen LogP contribution in [0.5, 0.6) is 0 Å². The van der Waals surface area contributed by atoms with Gasteiger partial charge in [0.25, 0.3) is 5.91 Å². The number of hydrogen-bond donors (Lipinski definition) is 2. The zero-order valence-corrected chi connectivity index (χ0v) is 16.2. The van der Waals surface area contributed by atoms with E-state index in [9.17, 15) is 23.1 Å². The van der Waals surface area contributed by atoms with Crippen molar-refractivity contribution in [2.24, 2.45) is 0 Å². The first-order chi connectivity index (χ1) is 13.8. The normalized spacial score (nSPS) is 27.4. The van der Waals surface area contributed by atoms with Gasteiger partial charge in [-0.3, -0.25) is 9.69 Å². The maximum absolute atomic E-state index is 13.9. The molecule has 4 rings (SSSR count). The standard InChI is InChI=1S/C19H23F3N4O3/c1-3-24-10(2)25-7-16(27)18-13(9-29-17(24)8-26(18)25)19(28)23-6-12-14(21)4-11(20)5-15(12)22/h4-5,10,16-17,27H,3,6-9H2,1-2H3,(H,23,28). The number of aliphatic hydroxyl groups excluding tert-OH is 1. The lowest BCUT2D eigenvalue weighted by Gasteiger charge is -2.48. The molecule has 158 valence electrons. The number of aliphatic hydroxyl groups is 1. The number of rotatable bonds is 4. The molecule has 2 bridgehead atoms. The number of fused-ring (bicyclic) bond motifs is 1. The molecule has 3 aliphatic rings. The third kappa shape index (κ3) is 3.39. The molecule has 2 N–H and O–H groups in total. The van der Waals surface area contributed by atoms with E-state index in [-0.39, 0.29) is 24.6 Å². The Morgan fingerprint density at radius 1 is 1.28 bits per heavy atom. The van der Waals surface area contributed by atoms with E-state index >= 15 is 0 Å². The average Bonchev–Trinajstić information content (AvgIpc) is 2.87. The summed E-state index contributed by atoms with van der Waals surface area (Å²) in [6.45, 7) is 5.10. The largest absolute Gasteiger partial charge is 0.385 e. The van der Waals surface area contributed by atoms with E-state index in [4.69, 9.17) is 4.74 Å². The molecule has 3 aliphatic heterocycles. The number of carbonyl (C=O) groups is 1. The van der Waals surface area contributed by atoms with E-state index in [0.29, 0.717) is 30.9 Å². The molecule has 3 atom stereocenters. The fraction of sp³-hybridized carbons (Fsp3) is 0.526. The monoisotopic (exact) mass is 412 g/mol. The van der Waals surface area contributed by atoms with Crippen molar-refractivity contribution in [1.29, 1.82) is 0 Å². The van der Waals surface area contributed by atoms with Crippen molar-refractivity contribution >= 4 is 5.91 Å². The van der Waals surface area contributed by atoms with Crippen LogP contribution in [0.25, 0.3) is 0 Å². The highest BCUT2D eigenvalue weighted by Gasteiger charge is 2.48. The first kappa shape index (κ1) is 20.1. The molecule has 1 amide bonds. The van der Waals surface area contributed by atoms with E-state index in [1.165, 1.54) is 0 Å². The Morgan fingerprint density at radius 3 is 2.62 bits per heavy atom. The number of amides is 1. The Balaban J connectivity index is 1.58. The third-order valence-electron chi connectivity index (χ3n) is 5.77. The van der Waals surface area contributed by atoms with Crippen LogP contribution in [0, 0.1) is 17.5 Å². The van der Waals surface area contributed by atoms with Gasteiger partial charge in [0.15, 0.2) is 0 Å². The molecule has 2 saturated heterocycles. The van der Waals surface area contributed by atoms with Crippen molar-refractivity contribution < 1.29 is 27.8 Å². The van der Waals surface area contributed by atoms with Crippen LogP contribution in [-0.4, -0.2) is 70.7 Å². The van der Waals surface area contributed by atoms with Crippen molar-refractivity contribution in [3.05, 3.63) is 46.4 Å². The lowest BCUT2D eigenvalue weighted by molar-refractivity contribution is -0.194. The van der Waals surface area contributed by atoms with E-state index < -0.39 is 41.6 Å². The van der Waals surface area contributed by atoms with Gasteiger partial charge in [-0.15, -0.1) is 0 Å². The second-order valence-corrected chi connectivity index (χ2v) is 7.34. The van der Waals surface area contributed by atoms with Crippen molar-refractivity contribution in [1.82, 2.24) is 20.2 Å². The summed E-state index contributed by atoms with van der Waals surface area (Å²) in [4.78, 5) is 15.0. The van der Waals surface area contributed by atoms with Crippen LogP contribution >= 0.6 is 0 Å². The van der Waals surface area contributed by atoms with Crippen LogP contribution in [-0.2, 0) is 16.1 Å². The number of hydrogen-bond acceptors (Lipinski definition) is 6. The molecule has 7 nitrogen and oxygen atoms in total. The number of carbonyl (C=O) groups excluding carboxylic acids is 1. The summed E-state index contributed by atoms with van der Waals surface area (Å²) >= 11 is 0. The predicted molar refractivity (Wildman–Crippen MR) is 96.2 cm³/mol. The molecule has 10 heteroatoms. The Bertz CT molecular complexity index is 842. The average molecular weight is 412 g/mol. The SMILES string of the molecule is CCN1C2CN3C(=C(C(=O)NCc4c(F)cc(F)cc4F)CO2)C(O)CN3C1C. The van der Waals surface area contributed by atoms with Gasteiger partial charge >= 0.3 is 0 Å². The van der Waals surface area contributed by atoms with Gasteiger partial charge in [-0.2, -0.15) is 0 Å². The van der Waals surface area contributed by atoms with E-state index in [1.54, 1.807) is 0 Å². The summed E-state index contributed by atoms with van der Waals surface area (Å²) in [6.07, 6.45) is -1.14. The Kier molecular flexibility index (Phi) is 5.28. The fourth-order valence-electron chi connectivity index (χ4n) is 4.32. The number of halogens is 3. The van der Waals surface area contributed by atoms with Crippen LogP contribution in [0.2, 0.25) is 0 Å². The number of nitrogens with one attached hydrogen (secondary N) is 1. The molecular formula is C19H23F3N4O3. The number of hydrazine groups is 1. The molecule has 0 aliphatic carbocycles. The smallest absolute Gasteiger partial charge is 0.251 e. The van der Waals surface area contributed by atoms with Crippen molar-refractivity contribution in [3.8, 4) is 0 Å². The summed E-state index contributed by atoms with van der Waals surface area (Å²) < 4.78 is 46.7. The fourth-order valence-corrected chi connectivity index (χ4v) is 4.32. The molecule has 29 heavy (non-hydrogen) atoms. The molecule has 0 spiro atoms. The van der Waals surface area contributed by atoms with Crippen LogP contribution in [0.3, 0.4) is 0 Å². The van der Waals surface area contributed by atoms with Crippen molar-refractivity contribution in [2.45, 2.75) is 38.9 Å². The van der Waals surface area contributed by atoms with Crippen LogP contribution in [0.15, 0.2) is 23.4 Å². The molecular weight excluding hydrogens is 389 g/mol. The van der Waals surface area contributed by atoms with Gasteiger partial charge in [-0.1, -0.05) is 6.92 Å². The van der Waals surface area contributed by atoms with E-state index in [2.05, 4.69) is 10.2 Å². The molecule has 0 radical (unpaired) electrons. The number of nitrogens with zero attached hydrogens (tertiary/aromatic N) is 3. The highest BCUT2D eigenvalue weighted by molar-refractivity contribution is 5.94. The minimum absolute atomic E-state index is 0.0179. The van der Waals surface area contributed by atoms with Crippen molar-refractivity contribution in [3.63, 3.8) is 0 Å². The molecule has 0 saturated carbocycles. The molecule has 2 fully saturated rings. The third-order valence-corrected chi connectivity index (χ3v) is 5.77. The van der Waals surface area contributed by atoms with Crippen LogP contribution in [0.4, 0.5) is 13.2 Å². The molecule has 0 aromatic heterocycles. The van der Waals surface area contributed by atoms with Crippen LogP contribution < -0.4 is 5.32 Å². The summed E-state index contributed by atoms with van der Waals surface area (Å²) in [7, 11) is 0. The highest BCUT2D eigenvalue weighted by atomic mass is 19.1. The van der Waals surface area contributed by atoms with E-state index in [0.717, 1.165) is 6.54 Å². The Morgan fingerprint density at radius 2 is 1.97 bits per heavy atom. The highest BCUT2D eigenvalue weighted by Crippen LogP contribution is 2.36. The zero-order chi connectivity index (χ0) is 20.9. The Labute approximate surface area is 166 Å². The topological polar surface area (TPSA) is 68.3 Å². The lowest BCUT2D eigenvalue weighted by atomic mass is 10.1. The summed E-state index contributed by atoms with van der Waals surface area (Å²) in [6, 6.07) is 1.13. The number of benzene rings is 1. The Hall–Kier alpha value is -2.14. The summed E-state index contributed by atoms with van der Waals surface area (Å²) in [5.41, 5.74) is 0.238. The maximum atomic E-state index is 13.9. The van der Waals surface area contributed by atoms with E-state index in [1.807, 2.05) is 23.9 Å². The van der Waals surface area contributed by atoms with Gasteiger partial charge in [0, 0.05) is 24.2 Å². The molecule has 3 heterocycles. The lowest BCUT2D eigenvalue weighted by Crippen LogP contribution is -2.63. The molecule has 3 unspecified atom stereocenters. The van der Waals surface area contributed by atoms with Gasteiger partial charge in [-0.05, 0) is 13.5 Å².